The Kier molecular flexibility index (Phi) is 3.21. The van der Waals surface area contributed by atoms with Crippen LogP contribution in [0.4, 0.5) is 5.95 Å². The summed E-state index contributed by atoms with van der Waals surface area (Å²) in [5, 5.41) is 0. The molecule has 1 heterocycles. The first-order chi connectivity index (χ1) is 7.99. The average Bonchev–Trinajstić information content (AvgIpc) is 2.73. The van der Waals surface area contributed by atoms with E-state index >= 15 is 0 Å². The van der Waals surface area contributed by atoms with Crippen molar-refractivity contribution in [1.82, 2.24) is 9.97 Å². The number of nitrogens with zero attached hydrogens (tertiary/aromatic N) is 1. The molecule has 0 fully saturated rings. The van der Waals surface area contributed by atoms with Gasteiger partial charge in [0.1, 0.15) is 0 Å². The Morgan fingerprint density at radius 3 is 2.82 bits per heavy atom. The maximum atomic E-state index is 12.1. The minimum absolute atomic E-state index is 0.198. The van der Waals surface area contributed by atoms with E-state index in [1.165, 1.54) is 6.20 Å². The molecule has 1 aromatic heterocycles. The molecule has 0 aliphatic heterocycles. The average molecular weight is 316 g/mol. The molecule has 0 saturated carbocycles. The summed E-state index contributed by atoms with van der Waals surface area (Å²) in [6.45, 7) is 1.74. The van der Waals surface area contributed by atoms with Crippen molar-refractivity contribution < 1.29 is 8.42 Å². The predicted octanol–water partition coefficient (Wildman–Crippen LogP) is 2.28. The molecule has 0 saturated heterocycles. The Morgan fingerprint density at radius 1 is 1.41 bits per heavy atom. The van der Waals surface area contributed by atoms with Crippen LogP contribution in [0.5, 0.6) is 0 Å². The van der Waals surface area contributed by atoms with Gasteiger partial charge < -0.3 is 4.98 Å². The summed E-state index contributed by atoms with van der Waals surface area (Å²) in [5.41, 5.74) is 0.673. The number of benzene rings is 1. The van der Waals surface area contributed by atoms with Crippen LogP contribution in [0.25, 0.3) is 0 Å². The van der Waals surface area contributed by atoms with Gasteiger partial charge in [0.15, 0.2) is 0 Å². The van der Waals surface area contributed by atoms with Crippen LogP contribution in [-0.2, 0) is 10.0 Å². The van der Waals surface area contributed by atoms with Gasteiger partial charge in [0.25, 0.3) is 10.0 Å². The third kappa shape index (κ3) is 2.67. The molecular formula is C10H10BrN3O2S. The Bertz CT molecular complexity index is 623. The molecule has 0 unspecified atom stereocenters. The second kappa shape index (κ2) is 4.50. The minimum atomic E-state index is -3.61. The van der Waals surface area contributed by atoms with Crippen molar-refractivity contribution >= 4 is 31.9 Å². The maximum Gasteiger partial charge on any atom is 0.264 e. The second-order valence-electron chi connectivity index (χ2n) is 3.45. The molecule has 1 aromatic carbocycles. The van der Waals surface area contributed by atoms with Crippen LogP contribution in [-0.4, -0.2) is 18.4 Å². The summed E-state index contributed by atoms with van der Waals surface area (Å²) >= 11 is 3.25. The Labute approximate surface area is 107 Å². The lowest BCUT2D eigenvalue weighted by Gasteiger charge is -2.08. The number of hydrogen-bond acceptors (Lipinski definition) is 3. The fourth-order valence-corrected chi connectivity index (χ4v) is 3.13. The monoisotopic (exact) mass is 315 g/mol. The molecule has 2 aromatic rings. The van der Waals surface area contributed by atoms with Crippen LogP contribution in [0.15, 0.2) is 40.0 Å². The molecule has 2 rings (SSSR count). The number of imidazole rings is 1. The number of hydrogen-bond donors (Lipinski definition) is 2. The predicted molar refractivity (Wildman–Crippen MR) is 68.3 cm³/mol. The van der Waals surface area contributed by atoms with Crippen LogP contribution in [0, 0.1) is 6.92 Å². The maximum absolute atomic E-state index is 12.1. The molecule has 17 heavy (non-hydrogen) atoms. The molecular weight excluding hydrogens is 306 g/mol. The number of H-pyrrole nitrogens is 1. The number of nitrogens with one attached hydrogen (secondary N) is 2. The van der Waals surface area contributed by atoms with Gasteiger partial charge in [-0.15, -0.1) is 0 Å². The van der Waals surface area contributed by atoms with Crippen LogP contribution in [0.3, 0.4) is 0 Å². The SMILES string of the molecule is Cc1ccc(Br)cc1S(=O)(=O)Nc1ncc[nH]1. The van der Waals surface area contributed by atoms with Crippen LogP contribution in [0.2, 0.25) is 0 Å². The molecule has 0 radical (unpaired) electrons. The Morgan fingerprint density at radius 2 is 2.18 bits per heavy atom. The van der Waals surface area contributed by atoms with Gasteiger partial charge in [0.2, 0.25) is 5.95 Å². The van der Waals surface area contributed by atoms with Gasteiger partial charge in [-0.3, -0.25) is 0 Å². The third-order valence-corrected chi connectivity index (χ3v) is 4.14. The summed E-state index contributed by atoms with van der Waals surface area (Å²) in [6, 6.07) is 5.09. The minimum Gasteiger partial charge on any atom is -0.330 e. The van der Waals surface area contributed by atoms with E-state index in [9.17, 15) is 8.42 Å². The number of rotatable bonds is 3. The van der Waals surface area contributed by atoms with E-state index in [1.807, 2.05) is 0 Å². The molecule has 0 atom stereocenters. The van der Waals surface area contributed by atoms with Crippen LogP contribution >= 0.6 is 15.9 Å². The van der Waals surface area contributed by atoms with E-state index in [1.54, 1.807) is 31.3 Å². The normalized spacial score (nSPS) is 11.4. The first-order valence-corrected chi connectivity index (χ1v) is 7.05. The van der Waals surface area contributed by atoms with Crippen molar-refractivity contribution in [3.63, 3.8) is 0 Å². The number of aryl methyl sites for hydroxylation is 1. The van der Waals surface area contributed by atoms with Crippen molar-refractivity contribution in [2.24, 2.45) is 0 Å². The van der Waals surface area contributed by atoms with E-state index in [-0.39, 0.29) is 10.8 Å². The lowest BCUT2D eigenvalue weighted by Crippen LogP contribution is -2.15. The van der Waals surface area contributed by atoms with Crippen molar-refractivity contribution in [3.05, 3.63) is 40.6 Å². The van der Waals surface area contributed by atoms with Gasteiger partial charge in [-0.2, -0.15) is 0 Å². The summed E-state index contributed by atoms with van der Waals surface area (Å²) in [4.78, 5) is 6.73. The molecule has 0 amide bonds. The molecule has 0 aliphatic rings. The first kappa shape index (κ1) is 12.1. The fraction of sp³-hybridized carbons (Fsp3) is 0.100. The molecule has 5 nitrogen and oxygen atoms in total. The van der Waals surface area contributed by atoms with E-state index in [0.29, 0.717) is 10.0 Å². The number of aromatic amines is 1. The molecule has 0 bridgehead atoms. The smallest absolute Gasteiger partial charge is 0.264 e. The van der Waals surface area contributed by atoms with Crippen molar-refractivity contribution in [2.45, 2.75) is 11.8 Å². The summed E-state index contributed by atoms with van der Waals surface area (Å²) in [7, 11) is -3.61. The number of aromatic nitrogens is 2. The highest BCUT2D eigenvalue weighted by Crippen LogP contribution is 2.21. The van der Waals surface area contributed by atoms with E-state index in [0.717, 1.165) is 0 Å². The van der Waals surface area contributed by atoms with Crippen molar-refractivity contribution in [2.75, 3.05) is 4.72 Å². The molecule has 90 valence electrons. The summed E-state index contributed by atoms with van der Waals surface area (Å²) in [5.74, 6) is 0.198. The zero-order chi connectivity index (χ0) is 12.5. The highest BCUT2D eigenvalue weighted by atomic mass is 79.9. The van der Waals surface area contributed by atoms with Crippen LogP contribution < -0.4 is 4.72 Å². The van der Waals surface area contributed by atoms with Gasteiger partial charge in [-0.25, -0.2) is 18.1 Å². The zero-order valence-corrected chi connectivity index (χ0v) is 11.3. The standard InChI is InChI=1S/C10H10BrN3O2S/c1-7-2-3-8(11)6-9(7)17(15,16)14-10-12-4-5-13-10/h2-6H,1H3,(H2,12,13,14). The molecule has 2 N–H and O–H groups in total. The van der Waals surface area contributed by atoms with Gasteiger partial charge in [-0.1, -0.05) is 22.0 Å². The second-order valence-corrected chi connectivity index (χ2v) is 6.02. The largest absolute Gasteiger partial charge is 0.330 e. The number of halogens is 1. The van der Waals surface area contributed by atoms with Gasteiger partial charge >= 0.3 is 0 Å². The highest BCUT2D eigenvalue weighted by Gasteiger charge is 2.18. The third-order valence-electron chi connectivity index (χ3n) is 2.17. The highest BCUT2D eigenvalue weighted by molar-refractivity contribution is 9.10. The topological polar surface area (TPSA) is 74.8 Å². The quantitative estimate of drug-likeness (QED) is 0.912. The molecule has 7 heteroatoms. The van der Waals surface area contributed by atoms with Crippen molar-refractivity contribution in [3.8, 4) is 0 Å². The van der Waals surface area contributed by atoms with E-state index in [4.69, 9.17) is 0 Å². The lowest BCUT2D eigenvalue weighted by atomic mass is 10.2. The van der Waals surface area contributed by atoms with Gasteiger partial charge in [-0.05, 0) is 24.6 Å². The van der Waals surface area contributed by atoms with Gasteiger partial charge in [0.05, 0.1) is 4.90 Å². The first-order valence-electron chi connectivity index (χ1n) is 4.77. The van der Waals surface area contributed by atoms with Gasteiger partial charge in [0, 0.05) is 16.9 Å². The fourth-order valence-electron chi connectivity index (χ4n) is 1.37. The molecule has 0 spiro atoms. The Balaban J connectivity index is 2.41. The van der Waals surface area contributed by atoms with Crippen molar-refractivity contribution in [1.29, 1.82) is 0 Å². The summed E-state index contributed by atoms with van der Waals surface area (Å²) in [6.07, 6.45) is 3.03. The lowest BCUT2D eigenvalue weighted by molar-refractivity contribution is 0.600. The van der Waals surface area contributed by atoms with Crippen LogP contribution in [0.1, 0.15) is 5.56 Å². The number of sulfonamides is 1. The van der Waals surface area contributed by atoms with E-state index in [2.05, 4.69) is 30.6 Å². The summed E-state index contributed by atoms with van der Waals surface area (Å²) < 4.78 is 27.2. The Hall–Kier alpha value is -1.34. The zero-order valence-electron chi connectivity index (χ0n) is 8.94. The van der Waals surface area contributed by atoms with E-state index < -0.39 is 10.0 Å². The number of anilines is 1. The molecule has 0 aliphatic carbocycles.